The molecule has 0 aliphatic heterocycles. The van der Waals surface area contributed by atoms with Crippen LogP contribution >= 0.6 is 0 Å². The van der Waals surface area contributed by atoms with Gasteiger partial charge < -0.3 is 4.74 Å². The molecule has 0 saturated heterocycles. The van der Waals surface area contributed by atoms with Crippen LogP contribution < -0.4 is 0 Å². The van der Waals surface area contributed by atoms with E-state index in [2.05, 4.69) is 26.0 Å². The Bertz CT molecular complexity index is 619. The van der Waals surface area contributed by atoms with E-state index in [-0.39, 0.29) is 12.1 Å². The summed E-state index contributed by atoms with van der Waals surface area (Å²) in [4.78, 5) is 12.6. The molecule has 174 valence electrons. The fraction of sp³-hybridized carbons (Fsp3) is 0.759. The highest BCUT2D eigenvalue weighted by Crippen LogP contribution is 2.38. The second kappa shape index (κ2) is 13.3. The van der Waals surface area contributed by atoms with Gasteiger partial charge in [0.25, 0.3) is 0 Å². The van der Waals surface area contributed by atoms with Gasteiger partial charge in [-0.15, -0.1) is 0 Å². The van der Waals surface area contributed by atoms with E-state index in [1.165, 1.54) is 95.5 Å². The Morgan fingerprint density at radius 3 is 2.03 bits per heavy atom. The summed E-state index contributed by atoms with van der Waals surface area (Å²) in [6.07, 6.45) is 21.1. The van der Waals surface area contributed by atoms with Crippen LogP contribution in [0.3, 0.4) is 0 Å². The molecule has 0 N–H and O–H groups in total. The largest absolute Gasteiger partial charge is 0.459 e. The molecule has 0 radical (unpaired) electrons. The lowest BCUT2D eigenvalue weighted by atomic mass is 9.77. The zero-order valence-corrected chi connectivity index (χ0v) is 20.2. The lowest BCUT2D eigenvalue weighted by molar-refractivity contribution is 0.0164. The predicted molar refractivity (Wildman–Crippen MR) is 131 cm³/mol. The van der Waals surface area contributed by atoms with Crippen LogP contribution in [0, 0.1) is 11.8 Å². The highest BCUT2D eigenvalue weighted by atomic mass is 16.5. The first-order chi connectivity index (χ1) is 15.2. The summed E-state index contributed by atoms with van der Waals surface area (Å²) in [5.74, 6) is 2.32. The van der Waals surface area contributed by atoms with E-state index in [1.54, 1.807) is 0 Å². The number of hydrogen-bond acceptors (Lipinski definition) is 2. The van der Waals surface area contributed by atoms with Crippen molar-refractivity contribution in [1.29, 1.82) is 0 Å². The lowest BCUT2D eigenvalue weighted by Gasteiger charge is -2.29. The van der Waals surface area contributed by atoms with Gasteiger partial charge in [-0.2, -0.15) is 0 Å². The highest BCUT2D eigenvalue weighted by molar-refractivity contribution is 5.89. The molecule has 0 spiro atoms. The standard InChI is InChI=1S/C29H46O2/c1-3-5-6-7-8-9-10-24-11-15-25(16-12-24)26-17-19-27(20-18-26)29(30)31-28-21-13-23(4-2)14-22-28/h17-20,23-25,28H,3-16,21-22H2,1-2H3. The van der Waals surface area contributed by atoms with Crippen LogP contribution in [0.15, 0.2) is 24.3 Å². The van der Waals surface area contributed by atoms with Gasteiger partial charge in [0, 0.05) is 0 Å². The summed E-state index contributed by atoms with van der Waals surface area (Å²) in [5.41, 5.74) is 2.14. The number of ether oxygens (including phenoxy) is 1. The molecule has 0 bridgehead atoms. The smallest absolute Gasteiger partial charge is 0.338 e. The number of rotatable bonds is 11. The first-order valence-corrected chi connectivity index (χ1v) is 13.5. The van der Waals surface area contributed by atoms with Gasteiger partial charge in [0.2, 0.25) is 0 Å². The van der Waals surface area contributed by atoms with Gasteiger partial charge in [0.05, 0.1) is 5.56 Å². The maximum Gasteiger partial charge on any atom is 0.338 e. The van der Waals surface area contributed by atoms with E-state index in [1.807, 2.05) is 12.1 Å². The number of unbranched alkanes of at least 4 members (excludes halogenated alkanes) is 5. The van der Waals surface area contributed by atoms with Crippen LogP contribution in [0.5, 0.6) is 0 Å². The average molecular weight is 427 g/mol. The molecule has 0 atom stereocenters. The molecule has 2 heteroatoms. The van der Waals surface area contributed by atoms with E-state index < -0.39 is 0 Å². The second-order valence-electron chi connectivity index (χ2n) is 10.4. The summed E-state index contributed by atoms with van der Waals surface area (Å²) in [5, 5.41) is 0. The average Bonchev–Trinajstić information content (AvgIpc) is 2.82. The topological polar surface area (TPSA) is 26.3 Å². The SMILES string of the molecule is CCCCCCCCC1CCC(c2ccc(C(=O)OC3CCC(CC)CC3)cc2)CC1. The molecule has 31 heavy (non-hydrogen) atoms. The van der Waals surface area contributed by atoms with Crippen LogP contribution in [-0.2, 0) is 4.74 Å². The van der Waals surface area contributed by atoms with E-state index in [0.717, 1.165) is 30.2 Å². The zero-order valence-electron chi connectivity index (χ0n) is 20.2. The minimum absolute atomic E-state index is 0.122. The minimum atomic E-state index is -0.130. The number of carbonyl (C=O) groups excluding carboxylic acids is 1. The van der Waals surface area contributed by atoms with Crippen molar-refractivity contribution >= 4 is 5.97 Å². The second-order valence-corrected chi connectivity index (χ2v) is 10.4. The number of esters is 1. The van der Waals surface area contributed by atoms with E-state index in [9.17, 15) is 4.79 Å². The fourth-order valence-electron chi connectivity index (χ4n) is 5.77. The maximum atomic E-state index is 12.6. The van der Waals surface area contributed by atoms with Gasteiger partial charge in [-0.25, -0.2) is 4.79 Å². The third kappa shape index (κ3) is 7.95. The number of carbonyl (C=O) groups is 1. The van der Waals surface area contributed by atoms with Gasteiger partial charge in [-0.1, -0.05) is 77.3 Å². The Balaban J connectivity index is 1.36. The maximum absolute atomic E-state index is 12.6. The molecule has 2 aliphatic carbocycles. The Kier molecular flexibility index (Phi) is 10.4. The molecule has 2 nitrogen and oxygen atoms in total. The molecule has 2 aliphatic rings. The predicted octanol–water partition coefficient (Wildman–Crippen LogP) is 8.84. The highest BCUT2D eigenvalue weighted by Gasteiger charge is 2.25. The van der Waals surface area contributed by atoms with E-state index >= 15 is 0 Å². The molecule has 1 aromatic carbocycles. The van der Waals surface area contributed by atoms with Crippen LogP contribution in [0.4, 0.5) is 0 Å². The van der Waals surface area contributed by atoms with Crippen molar-refractivity contribution in [2.24, 2.45) is 11.8 Å². The quantitative estimate of drug-likeness (QED) is 0.261. The van der Waals surface area contributed by atoms with Crippen molar-refractivity contribution in [3.05, 3.63) is 35.4 Å². The van der Waals surface area contributed by atoms with Gasteiger partial charge in [-0.05, 0) is 86.8 Å². The van der Waals surface area contributed by atoms with Gasteiger partial charge in [-0.3, -0.25) is 0 Å². The zero-order chi connectivity index (χ0) is 21.9. The van der Waals surface area contributed by atoms with Crippen molar-refractivity contribution in [2.75, 3.05) is 0 Å². The Morgan fingerprint density at radius 2 is 1.39 bits per heavy atom. The summed E-state index contributed by atoms with van der Waals surface area (Å²) in [7, 11) is 0. The Morgan fingerprint density at radius 1 is 0.774 bits per heavy atom. The normalized spacial score (nSPS) is 26.5. The molecule has 1 aromatic rings. The summed E-state index contributed by atoms with van der Waals surface area (Å²) in [6.45, 7) is 4.55. The van der Waals surface area contributed by atoms with Crippen molar-refractivity contribution in [3.63, 3.8) is 0 Å². The van der Waals surface area contributed by atoms with E-state index in [0.29, 0.717) is 5.92 Å². The van der Waals surface area contributed by atoms with Crippen molar-refractivity contribution in [2.45, 2.75) is 129 Å². The van der Waals surface area contributed by atoms with E-state index in [4.69, 9.17) is 4.74 Å². The first kappa shape index (κ1) is 24.3. The third-order valence-electron chi connectivity index (χ3n) is 8.08. The van der Waals surface area contributed by atoms with Crippen molar-refractivity contribution in [1.82, 2.24) is 0 Å². The van der Waals surface area contributed by atoms with Crippen molar-refractivity contribution in [3.8, 4) is 0 Å². The monoisotopic (exact) mass is 426 g/mol. The van der Waals surface area contributed by atoms with Crippen LogP contribution in [0.2, 0.25) is 0 Å². The van der Waals surface area contributed by atoms with Crippen LogP contribution in [-0.4, -0.2) is 12.1 Å². The number of hydrogen-bond donors (Lipinski definition) is 0. The molecule has 3 rings (SSSR count). The summed E-state index contributed by atoms with van der Waals surface area (Å²) in [6, 6.07) is 8.36. The molecule has 2 saturated carbocycles. The molecule has 0 unspecified atom stereocenters. The third-order valence-corrected chi connectivity index (χ3v) is 8.08. The number of benzene rings is 1. The molecule has 0 amide bonds. The molecular weight excluding hydrogens is 380 g/mol. The first-order valence-electron chi connectivity index (χ1n) is 13.5. The molecule has 2 fully saturated rings. The molecular formula is C29H46O2. The summed E-state index contributed by atoms with van der Waals surface area (Å²) >= 11 is 0. The van der Waals surface area contributed by atoms with Gasteiger partial charge in [0.1, 0.15) is 6.10 Å². The molecule has 0 aromatic heterocycles. The minimum Gasteiger partial charge on any atom is -0.459 e. The van der Waals surface area contributed by atoms with Crippen molar-refractivity contribution < 1.29 is 9.53 Å². The summed E-state index contributed by atoms with van der Waals surface area (Å²) < 4.78 is 5.80. The van der Waals surface area contributed by atoms with Crippen LogP contribution in [0.25, 0.3) is 0 Å². The van der Waals surface area contributed by atoms with Gasteiger partial charge in [0.15, 0.2) is 0 Å². The lowest BCUT2D eigenvalue weighted by Crippen LogP contribution is -2.24. The Labute approximate surface area is 191 Å². The van der Waals surface area contributed by atoms with Gasteiger partial charge >= 0.3 is 5.97 Å². The van der Waals surface area contributed by atoms with Crippen LogP contribution in [0.1, 0.15) is 138 Å². The molecule has 0 heterocycles. The Hall–Kier alpha value is -1.31. The fourth-order valence-corrected chi connectivity index (χ4v) is 5.77.